The van der Waals surface area contributed by atoms with Gasteiger partial charge in [0.15, 0.2) is 4.77 Å². The van der Waals surface area contributed by atoms with Gasteiger partial charge in [0, 0.05) is 10.9 Å². The van der Waals surface area contributed by atoms with Gasteiger partial charge in [0.05, 0.1) is 22.7 Å². The van der Waals surface area contributed by atoms with Crippen LogP contribution in [-0.4, -0.2) is 14.5 Å². The van der Waals surface area contributed by atoms with Crippen LogP contribution in [0, 0.1) is 4.77 Å². The second-order valence-electron chi connectivity index (χ2n) is 6.01. The summed E-state index contributed by atoms with van der Waals surface area (Å²) < 4.78 is 3.16. The maximum Gasteiger partial charge on any atom is 0.178 e. The van der Waals surface area contributed by atoms with Gasteiger partial charge < -0.3 is 9.55 Å². The Morgan fingerprint density at radius 2 is 2.00 bits per heavy atom. The summed E-state index contributed by atoms with van der Waals surface area (Å²) in [6.07, 6.45) is 6.88. The minimum Gasteiger partial charge on any atom is -0.329 e. The number of imidazole rings is 1. The molecule has 0 aliphatic heterocycles. The minimum absolute atomic E-state index is 0.138. The molecule has 20 heavy (non-hydrogen) atoms. The molecule has 1 N–H and O–H groups in total. The summed E-state index contributed by atoms with van der Waals surface area (Å²) in [4.78, 5) is 7.86. The number of aromatic nitrogens is 3. The Labute approximate surface area is 122 Å². The van der Waals surface area contributed by atoms with Crippen LogP contribution in [0.1, 0.15) is 32.6 Å². The van der Waals surface area contributed by atoms with Crippen molar-refractivity contribution in [2.75, 3.05) is 0 Å². The largest absolute Gasteiger partial charge is 0.329 e. The third-order valence-electron chi connectivity index (χ3n) is 4.64. The molecule has 0 radical (unpaired) electrons. The molecule has 0 spiro atoms. The first kappa shape index (κ1) is 12.1. The van der Waals surface area contributed by atoms with Gasteiger partial charge in [-0.1, -0.05) is 31.0 Å². The Hall–Kier alpha value is -1.68. The summed E-state index contributed by atoms with van der Waals surface area (Å²) in [5.74, 6) is 0. The third kappa shape index (κ3) is 1.57. The fraction of sp³-hybridized carbons (Fsp3) is 0.375. The van der Waals surface area contributed by atoms with E-state index in [1.165, 1.54) is 36.6 Å². The third-order valence-corrected chi connectivity index (χ3v) is 4.92. The summed E-state index contributed by atoms with van der Waals surface area (Å²) in [6.45, 7) is 2.33. The second kappa shape index (κ2) is 4.16. The molecule has 102 valence electrons. The molecule has 1 aromatic carbocycles. The predicted octanol–water partition coefficient (Wildman–Crippen LogP) is 4.54. The molecule has 1 aliphatic carbocycles. The number of rotatable bonds is 1. The maximum atomic E-state index is 5.60. The summed E-state index contributed by atoms with van der Waals surface area (Å²) in [6, 6.07) is 8.30. The van der Waals surface area contributed by atoms with E-state index < -0.39 is 0 Å². The number of nitrogens with one attached hydrogen (secondary N) is 1. The molecular weight excluding hydrogens is 266 g/mol. The van der Waals surface area contributed by atoms with Crippen LogP contribution in [0.2, 0.25) is 0 Å². The summed E-state index contributed by atoms with van der Waals surface area (Å²) in [5.41, 5.74) is 3.43. The SMILES string of the molecule is CC1(n2c(=S)[nH]c3cnc4ccccc4c32)CCCC1. The van der Waals surface area contributed by atoms with E-state index in [9.17, 15) is 0 Å². The van der Waals surface area contributed by atoms with Crippen molar-refractivity contribution in [1.29, 1.82) is 0 Å². The zero-order valence-corrected chi connectivity index (χ0v) is 12.3. The van der Waals surface area contributed by atoms with Crippen LogP contribution in [0.4, 0.5) is 0 Å². The Morgan fingerprint density at radius 3 is 2.80 bits per heavy atom. The highest BCUT2D eigenvalue weighted by atomic mass is 32.1. The number of fused-ring (bicyclic) bond motifs is 3. The maximum absolute atomic E-state index is 5.60. The van der Waals surface area contributed by atoms with Gasteiger partial charge >= 0.3 is 0 Å². The van der Waals surface area contributed by atoms with E-state index in [2.05, 4.69) is 39.7 Å². The van der Waals surface area contributed by atoms with E-state index in [1.807, 2.05) is 12.3 Å². The zero-order chi connectivity index (χ0) is 13.7. The lowest BCUT2D eigenvalue weighted by molar-refractivity contribution is 0.335. The molecule has 1 aliphatic rings. The molecule has 0 bridgehead atoms. The molecule has 2 heterocycles. The van der Waals surface area contributed by atoms with E-state index in [0.29, 0.717) is 0 Å². The van der Waals surface area contributed by atoms with Gasteiger partial charge in [-0.2, -0.15) is 0 Å². The van der Waals surface area contributed by atoms with Crippen LogP contribution >= 0.6 is 12.2 Å². The van der Waals surface area contributed by atoms with Gasteiger partial charge in [0.2, 0.25) is 0 Å². The molecule has 4 heteroatoms. The molecule has 3 aromatic rings. The fourth-order valence-electron chi connectivity index (χ4n) is 3.61. The van der Waals surface area contributed by atoms with Crippen LogP contribution in [0.15, 0.2) is 30.5 Å². The van der Waals surface area contributed by atoms with Crippen molar-refractivity contribution in [2.24, 2.45) is 0 Å². The van der Waals surface area contributed by atoms with E-state index in [1.54, 1.807) is 0 Å². The number of hydrogen-bond acceptors (Lipinski definition) is 2. The number of hydrogen-bond donors (Lipinski definition) is 1. The van der Waals surface area contributed by atoms with E-state index in [-0.39, 0.29) is 5.54 Å². The van der Waals surface area contributed by atoms with Gasteiger partial charge in [-0.25, -0.2) is 0 Å². The van der Waals surface area contributed by atoms with Crippen LogP contribution in [-0.2, 0) is 5.54 Å². The topological polar surface area (TPSA) is 33.6 Å². The van der Waals surface area contributed by atoms with E-state index in [0.717, 1.165) is 15.8 Å². The normalized spacial score (nSPS) is 18.1. The number of para-hydroxylation sites is 1. The Kier molecular flexibility index (Phi) is 2.51. The van der Waals surface area contributed by atoms with Crippen molar-refractivity contribution in [3.05, 3.63) is 35.2 Å². The number of benzene rings is 1. The minimum atomic E-state index is 0.138. The zero-order valence-electron chi connectivity index (χ0n) is 11.5. The molecule has 3 nitrogen and oxygen atoms in total. The summed E-state index contributed by atoms with van der Waals surface area (Å²) in [7, 11) is 0. The summed E-state index contributed by atoms with van der Waals surface area (Å²) >= 11 is 5.60. The smallest absolute Gasteiger partial charge is 0.178 e. The van der Waals surface area contributed by atoms with Crippen molar-refractivity contribution >= 4 is 34.2 Å². The second-order valence-corrected chi connectivity index (χ2v) is 6.39. The molecule has 4 rings (SSSR count). The summed E-state index contributed by atoms with van der Waals surface area (Å²) in [5, 5.41) is 1.19. The first-order chi connectivity index (χ1) is 9.69. The number of aromatic amines is 1. The highest BCUT2D eigenvalue weighted by Gasteiger charge is 2.32. The molecule has 2 aromatic heterocycles. The van der Waals surface area contributed by atoms with Gasteiger partial charge in [0.1, 0.15) is 0 Å². The lowest BCUT2D eigenvalue weighted by atomic mass is 10.00. The lowest BCUT2D eigenvalue weighted by Gasteiger charge is -2.27. The Bertz CT molecular complexity index is 853. The average Bonchev–Trinajstić information content (AvgIpc) is 3.02. The van der Waals surface area contributed by atoms with Crippen molar-refractivity contribution < 1.29 is 0 Å². The van der Waals surface area contributed by atoms with Crippen molar-refractivity contribution in [2.45, 2.75) is 38.1 Å². The quantitative estimate of drug-likeness (QED) is 0.665. The highest BCUT2D eigenvalue weighted by Crippen LogP contribution is 2.39. The van der Waals surface area contributed by atoms with Gasteiger partial charge in [-0.05, 0) is 38.0 Å². The molecule has 0 amide bonds. The van der Waals surface area contributed by atoms with Crippen molar-refractivity contribution in [3.63, 3.8) is 0 Å². The van der Waals surface area contributed by atoms with Crippen LogP contribution in [0.3, 0.4) is 0 Å². The predicted molar refractivity (Wildman–Crippen MR) is 84.5 cm³/mol. The van der Waals surface area contributed by atoms with Gasteiger partial charge in [0.25, 0.3) is 0 Å². The first-order valence-electron chi connectivity index (χ1n) is 7.18. The fourth-order valence-corrected chi connectivity index (χ4v) is 4.03. The van der Waals surface area contributed by atoms with Crippen molar-refractivity contribution in [1.82, 2.24) is 14.5 Å². The average molecular weight is 283 g/mol. The first-order valence-corrected chi connectivity index (χ1v) is 7.59. The van der Waals surface area contributed by atoms with E-state index >= 15 is 0 Å². The highest BCUT2D eigenvalue weighted by molar-refractivity contribution is 7.71. The van der Waals surface area contributed by atoms with E-state index in [4.69, 9.17) is 12.2 Å². The molecule has 0 saturated heterocycles. The molecule has 0 unspecified atom stereocenters. The van der Waals surface area contributed by atoms with Gasteiger partial charge in [-0.3, -0.25) is 4.98 Å². The number of pyridine rings is 1. The van der Waals surface area contributed by atoms with Gasteiger partial charge in [-0.15, -0.1) is 0 Å². The number of nitrogens with zero attached hydrogens (tertiary/aromatic N) is 2. The molecule has 0 atom stereocenters. The van der Waals surface area contributed by atoms with Crippen LogP contribution in [0.5, 0.6) is 0 Å². The Balaban J connectivity index is 2.17. The standard InChI is InChI=1S/C16H17N3S/c1-16(8-4-5-9-16)19-14-11-6-2-3-7-12(11)17-10-13(14)18-15(19)20/h2-3,6-7,10H,4-5,8-9H2,1H3,(H,18,20). The lowest BCUT2D eigenvalue weighted by Crippen LogP contribution is -2.26. The molecule has 1 fully saturated rings. The number of H-pyrrole nitrogens is 1. The molecule has 1 saturated carbocycles. The monoisotopic (exact) mass is 283 g/mol. The Morgan fingerprint density at radius 1 is 1.25 bits per heavy atom. The van der Waals surface area contributed by atoms with Crippen molar-refractivity contribution in [3.8, 4) is 0 Å². The molecular formula is C16H17N3S. The van der Waals surface area contributed by atoms with Crippen LogP contribution < -0.4 is 0 Å². The van der Waals surface area contributed by atoms with Crippen LogP contribution in [0.25, 0.3) is 21.9 Å².